The number of thiazole rings is 1. The topological polar surface area (TPSA) is 105 Å². The minimum absolute atomic E-state index is 0.0587. The number of aryl methyl sites for hydroxylation is 2. The Morgan fingerprint density at radius 2 is 1.75 bits per heavy atom. The highest BCUT2D eigenvalue weighted by Crippen LogP contribution is 2.37. The van der Waals surface area contributed by atoms with E-state index in [1.54, 1.807) is 48.6 Å². The van der Waals surface area contributed by atoms with Gasteiger partial charge in [0.1, 0.15) is 11.0 Å². The van der Waals surface area contributed by atoms with Gasteiger partial charge in [-0.2, -0.15) is 8.42 Å². The van der Waals surface area contributed by atoms with Crippen LogP contribution in [0.5, 0.6) is 11.5 Å². The van der Waals surface area contributed by atoms with Crippen molar-refractivity contribution in [2.24, 2.45) is 0 Å². The van der Waals surface area contributed by atoms with Gasteiger partial charge in [0.25, 0.3) is 10.1 Å². The molecule has 1 atom stereocenters. The first-order valence-corrected chi connectivity index (χ1v) is 15.0. The van der Waals surface area contributed by atoms with Crippen LogP contribution >= 0.6 is 11.3 Å². The van der Waals surface area contributed by atoms with Crippen LogP contribution in [0.3, 0.4) is 0 Å². The summed E-state index contributed by atoms with van der Waals surface area (Å²) in [5.41, 5.74) is 4.62. The molecule has 0 bridgehead atoms. The molecule has 0 amide bonds. The summed E-state index contributed by atoms with van der Waals surface area (Å²) in [5, 5.41) is 9.56. The van der Waals surface area contributed by atoms with Crippen LogP contribution in [0.15, 0.2) is 71.8 Å². The number of ether oxygens (including phenoxy) is 2. The zero-order chi connectivity index (χ0) is 28.3. The lowest BCUT2D eigenvalue weighted by atomic mass is 10.1. The van der Waals surface area contributed by atoms with Gasteiger partial charge in [-0.25, -0.2) is 9.67 Å². The second kappa shape index (κ2) is 11.7. The Hall–Kier alpha value is -3.80. The van der Waals surface area contributed by atoms with E-state index in [2.05, 4.69) is 29.4 Å². The van der Waals surface area contributed by atoms with Crippen LogP contribution in [0.1, 0.15) is 40.4 Å². The average molecular weight is 579 g/mol. The maximum Gasteiger partial charge on any atom is 0.296 e. The second-order valence-electron chi connectivity index (χ2n) is 9.25. The van der Waals surface area contributed by atoms with E-state index in [1.165, 1.54) is 17.7 Å². The van der Waals surface area contributed by atoms with Gasteiger partial charge in [-0.05, 0) is 60.9 Å². The van der Waals surface area contributed by atoms with E-state index in [0.717, 1.165) is 32.8 Å². The van der Waals surface area contributed by atoms with Crippen molar-refractivity contribution in [2.45, 2.75) is 37.6 Å². The summed E-state index contributed by atoms with van der Waals surface area (Å²) in [4.78, 5) is 5.06. The Bertz CT molecular complexity index is 1730. The molecule has 0 radical (unpaired) electrons. The molecule has 0 fully saturated rings. The molecule has 0 saturated carbocycles. The van der Waals surface area contributed by atoms with E-state index in [9.17, 15) is 8.42 Å². The molecular formula is C29H30N4O5S2. The van der Waals surface area contributed by atoms with Gasteiger partial charge in [0.15, 0.2) is 11.5 Å². The van der Waals surface area contributed by atoms with Crippen molar-refractivity contribution in [1.82, 2.24) is 20.0 Å². The third kappa shape index (κ3) is 5.86. The molecule has 1 unspecified atom stereocenters. The second-order valence-corrected chi connectivity index (χ2v) is 11.9. The van der Waals surface area contributed by atoms with Crippen LogP contribution < -0.4 is 9.47 Å². The molecule has 3 aromatic carbocycles. The molecule has 0 N–H and O–H groups in total. The summed E-state index contributed by atoms with van der Waals surface area (Å²) in [6.07, 6.45) is 3.01. The fourth-order valence-corrected chi connectivity index (χ4v) is 6.40. The number of rotatable bonds is 11. The van der Waals surface area contributed by atoms with Crippen molar-refractivity contribution in [3.8, 4) is 11.5 Å². The first-order valence-electron chi connectivity index (χ1n) is 12.8. The van der Waals surface area contributed by atoms with Crippen molar-refractivity contribution in [2.75, 3.05) is 20.8 Å². The number of aromatic nitrogens is 4. The molecule has 40 heavy (non-hydrogen) atoms. The summed E-state index contributed by atoms with van der Waals surface area (Å²) < 4.78 is 44.2. The number of methoxy groups -OCH3 is 2. The van der Waals surface area contributed by atoms with Crippen molar-refractivity contribution in [1.29, 1.82) is 0 Å². The molecule has 0 spiro atoms. The Kier molecular flexibility index (Phi) is 8.15. The van der Waals surface area contributed by atoms with Gasteiger partial charge in [-0.15, -0.1) is 16.4 Å². The number of fused-ring (bicyclic) bond motifs is 1. The van der Waals surface area contributed by atoms with Crippen LogP contribution in [0, 0.1) is 6.92 Å². The van der Waals surface area contributed by atoms with E-state index in [1.807, 2.05) is 31.2 Å². The highest BCUT2D eigenvalue weighted by atomic mass is 32.2. The summed E-state index contributed by atoms with van der Waals surface area (Å²) in [6.45, 7) is 3.96. The predicted octanol–water partition coefficient (Wildman–Crippen LogP) is 5.36. The lowest BCUT2D eigenvalue weighted by molar-refractivity contribution is 0.321. The Morgan fingerprint density at radius 1 is 0.975 bits per heavy atom. The molecule has 0 aliphatic carbocycles. The van der Waals surface area contributed by atoms with Gasteiger partial charge in [0.05, 0.1) is 41.6 Å². The zero-order valence-electron chi connectivity index (χ0n) is 22.7. The standard InChI is InChI=1S/C29H30N4O5S2/c1-5-20-8-12-24-27(16-20)39-29(30-24)28(21-9-13-25(36-3)26(17-21)37-4)33-18-22(31-32-33)14-15-38-40(34,35)23-10-6-19(2)7-11-23/h6-13,16-18,28H,5,14-15H2,1-4H3. The fraction of sp³-hybridized carbons (Fsp3) is 0.276. The molecule has 0 aliphatic rings. The fourth-order valence-electron chi connectivity index (χ4n) is 4.34. The van der Waals surface area contributed by atoms with E-state index in [-0.39, 0.29) is 24.0 Å². The Morgan fingerprint density at radius 3 is 2.48 bits per heavy atom. The van der Waals surface area contributed by atoms with Crippen molar-refractivity contribution in [3.05, 3.63) is 94.3 Å². The normalized spacial score (nSPS) is 12.5. The third-order valence-corrected chi connectivity index (χ3v) is 8.96. The molecule has 208 valence electrons. The Labute approximate surface area is 237 Å². The molecule has 11 heteroatoms. The molecule has 0 aliphatic heterocycles. The maximum absolute atomic E-state index is 12.6. The van der Waals surface area contributed by atoms with Crippen molar-refractivity contribution >= 4 is 31.7 Å². The van der Waals surface area contributed by atoms with Gasteiger partial charge in [-0.3, -0.25) is 4.18 Å². The first kappa shape index (κ1) is 27.8. The third-order valence-electron chi connectivity index (χ3n) is 6.56. The summed E-state index contributed by atoms with van der Waals surface area (Å²) >= 11 is 1.60. The van der Waals surface area contributed by atoms with E-state index >= 15 is 0 Å². The number of nitrogens with zero attached hydrogens (tertiary/aromatic N) is 4. The van der Waals surface area contributed by atoms with E-state index in [4.69, 9.17) is 18.6 Å². The largest absolute Gasteiger partial charge is 0.493 e. The van der Waals surface area contributed by atoms with Crippen LogP contribution in [0.2, 0.25) is 0 Å². The molecule has 0 saturated heterocycles. The number of hydrogen-bond donors (Lipinski definition) is 0. The smallest absolute Gasteiger partial charge is 0.296 e. The van der Waals surface area contributed by atoms with Gasteiger partial charge < -0.3 is 9.47 Å². The van der Waals surface area contributed by atoms with Gasteiger partial charge in [0, 0.05) is 12.6 Å². The minimum Gasteiger partial charge on any atom is -0.493 e. The monoisotopic (exact) mass is 578 g/mol. The van der Waals surface area contributed by atoms with Gasteiger partial charge >= 0.3 is 0 Å². The SMILES string of the molecule is CCc1ccc2nc(C(c3ccc(OC)c(OC)c3)n3cc(CCOS(=O)(=O)c4ccc(C)cc4)nn3)sc2c1. The first-order chi connectivity index (χ1) is 19.3. The summed E-state index contributed by atoms with van der Waals surface area (Å²) in [6, 6.07) is 18.2. The van der Waals surface area contributed by atoms with Crippen LogP contribution in [-0.2, 0) is 27.1 Å². The average Bonchev–Trinajstić information content (AvgIpc) is 3.60. The molecular weight excluding hydrogens is 548 g/mol. The van der Waals surface area contributed by atoms with Crippen molar-refractivity contribution < 1.29 is 22.1 Å². The van der Waals surface area contributed by atoms with Gasteiger partial charge in [-0.1, -0.05) is 42.0 Å². The minimum atomic E-state index is -3.87. The van der Waals surface area contributed by atoms with E-state index < -0.39 is 10.1 Å². The Balaban J connectivity index is 1.43. The molecule has 2 heterocycles. The van der Waals surface area contributed by atoms with Crippen LogP contribution in [0.25, 0.3) is 10.2 Å². The lowest BCUT2D eigenvalue weighted by Crippen LogP contribution is -2.13. The van der Waals surface area contributed by atoms with Crippen LogP contribution in [-0.4, -0.2) is 49.2 Å². The highest BCUT2D eigenvalue weighted by Gasteiger charge is 2.24. The summed E-state index contributed by atoms with van der Waals surface area (Å²) in [7, 11) is -0.675. The molecule has 5 aromatic rings. The zero-order valence-corrected chi connectivity index (χ0v) is 24.3. The number of benzene rings is 3. The lowest BCUT2D eigenvalue weighted by Gasteiger charge is -2.17. The summed E-state index contributed by atoms with van der Waals surface area (Å²) in [5.74, 6) is 1.21. The van der Waals surface area contributed by atoms with Gasteiger partial charge in [0.2, 0.25) is 0 Å². The van der Waals surface area contributed by atoms with Crippen LogP contribution in [0.4, 0.5) is 0 Å². The molecule has 9 nitrogen and oxygen atoms in total. The van der Waals surface area contributed by atoms with E-state index in [0.29, 0.717) is 17.2 Å². The quantitative estimate of drug-likeness (QED) is 0.193. The highest BCUT2D eigenvalue weighted by molar-refractivity contribution is 7.86. The predicted molar refractivity (Wildman–Crippen MR) is 154 cm³/mol. The molecule has 5 rings (SSSR count). The number of hydrogen-bond acceptors (Lipinski definition) is 9. The van der Waals surface area contributed by atoms with Crippen molar-refractivity contribution in [3.63, 3.8) is 0 Å². The molecule has 2 aromatic heterocycles. The maximum atomic E-state index is 12.6.